The third-order valence-corrected chi connectivity index (χ3v) is 4.57. The van der Waals surface area contributed by atoms with Crippen molar-refractivity contribution in [1.82, 2.24) is 0 Å². The maximum absolute atomic E-state index is 10.9. The van der Waals surface area contributed by atoms with Gasteiger partial charge in [-0.3, -0.25) is 0 Å². The van der Waals surface area contributed by atoms with Crippen LogP contribution in [0, 0.1) is 0 Å². The first-order valence-electron chi connectivity index (χ1n) is 9.65. The van der Waals surface area contributed by atoms with Crippen molar-refractivity contribution >= 4 is 7.82 Å². The van der Waals surface area contributed by atoms with Gasteiger partial charge in [-0.25, -0.2) is 0 Å². The molecule has 0 N–H and O–H groups in total. The van der Waals surface area contributed by atoms with Crippen molar-refractivity contribution in [3.8, 4) is 5.75 Å². The Balaban J connectivity index is 0. The topological polar surface area (TPSA) is 128 Å². The van der Waals surface area contributed by atoms with Crippen molar-refractivity contribution in [1.29, 1.82) is 0 Å². The molecule has 0 saturated heterocycles. The van der Waals surface area contributed by atoms with Crippen molar-refractivity contribution in [2.75, 3.05) is 6.61 Å². The smallest absolute Gasteiger partial charge is 0.790 e. The Morgan fingerprint density at radius 3 is 1.90 bits per heavy atom. The van der Waals surface area contributed by atoms with Crippen LogP contribution in [0.25, 0.3) is 0 Å². The Hall–Kier alpha value is 0.930. The molecule has 1 rings (SSSR count). The molecular weight excluding hydrogens is 453 g/mol. The van der Waals surface area contributed by atoms with Gasteiger partial charge < -0.3 is 23.8 Å². The molecule has 168 valence electrons. The molecule has 1 aromatic carbocycles. The fraction of sp³-hybridized carbons (Fsp3) is 0.667. The van der Waals surface area contributed by atoms with Crippen molar-refractivity contribution in [2.24, 2.45) is 0 Å². The Bertz CT molecular complexity index is 566. The van der Waals surface area contributed by atoms with Gasteiger partial charge in [-0.15, -0.1) is 0 Å². The molecule has 1 aromatic rings. The van der Waals surface area contributed by atoms with Crippen LogP contribution >= 0.6 is 7.82 Å². The fourth-order valence-corrected chi connectivity index (χ4v) is 3.00. The quantitative estimate of drug-likeness (QED) is 0.0727. The van der Waals surface area contributed by atoms with Gasteiger partial charge in [-0.1, -0.05) is 70.6 Å². The predicted molar refractivity (Wildman–Crippen MR) is 97.1 cm³/mol. The van der Waals surface area contributed by atoms with E-state index in [4.69, 9.17) is 9.78 Å². The molecule has 0 aliphatic heterocycles. The molecule has 0 aliphatic rings. The van der Waals surface area contributed by atoms with Crippen LogP contribution in [0.5, 0.6) is 5.75 Å². The zero-order valence-electron chi connectivity index (χ0n) is 18.8. The summed E-state index contributed by atoms with van der Waals surface area (Å²) in [5, 5.41) is 17.5. The summed E-state index contributed by atoms with van der Waals surface area (Å²) in [4.78, 5) is 31.9. The van der Waals surface area contributed by atoms with Gasteiger partial charge in [-0.05, 0) is 35.1 Å². The predicted octanol–water partition coefficient (Wildman–Crippen LogP) is -2.52. The van der Waals surface area contributed by atoms with Crippen LogP contribution in [0.4, 0.5) is 0 Å². The van der Waals surface area contributed by atoms with Crippen molar-refractivity contribution in [3.63, 3.8) is 0 Å². The molecule has 0 heterocycles. The minimum Gasteiger partial charge on any atom is -0.790 e. The largest absolute Gasteiger partial charge is 1.00 e. The normalized spacial score (nSPS) is 11.5. The van der Waals surface area contributed by atoms with Crippen LogP contribution in [0.3, 0.4) is 0 Å². The van der Waals surface area contributed by atoms with Gasteiger partial charge in [0.05, 0.1) is 14.4 Å². The second-order valence-electron chi connectivity index (χ2n) is 6.57. The zero-order valence-corrected chi connectivity index (χ0v) is 23.7. The average Bonchev–Trinajstić information content (AvgIpc) is 2.69. The van der Waals surface area contributed by atoms with Crippen LogP contribution < -0.4 is 73.8 Å². The number of unbranched alkanes of at least 4 members (excludes halogenated alkanes) is 4. The van der Waals surface area contributed by atoms with Gasteiger partial charge in [0, 0.05) is 10.1 Å². The van der Waals surface area contributed by atoms with E-state index in [-0.39, 0.29) is 59.1 Å². The zero-order chi connectivity index (χ0) is 21.4. The standard InChI is InChI=1S/C18H31O10P.2Na/c1-3-5-10-14-18(15-11-6-4-2,16-22-29(19,20)21)24-26-28-27-25-23-17-12-8-7-9-13-17;;/h7-9,12-13H,3-6,10-11,14-16H2,1-2H3,(H2,19,20,21);;/q;2*+1/p-2. The molecule has 0 saturated carbocycles. The Kier molecular flexibility index (Phi) is 22.3. The minimum atomic E-state index is -5.18. The molecule has 0 amide bonds. The number of rotatable bonds is 18. The van der Waals surface area contributed by atoms with Crippen LogP contribution in [-0.2, 0) is 34.1 Å². The van der Waals surface area contributed by atoms with E-state index in [1.807, 2.05) is 13.8 Å². The third kappa shape index (κ3) is 18.0. The van der Waals surface area contributed by atoms with Gasteiger partial charge >= 0.3 is 59.1 Å². The van der Waals surface area contributed by atoms with Crippen LogP contribution in [0.1, 0.15) is 65.2 Å². The van der Waals surface area contributed by atoms with Gasteiger partial charge in [-0.2, -0.15) is 4.89 Å². The van der Waals surface area contributed by atoms with Crippen LogP contribution in [0.15, 0.2) is 30.3 Å². The number of hydrogen-bond donors (Lipinski definition) is 0. The monoisotopic (exact) mass is 482 g/mol. The van der Waals surface area contributed by atoms with Crippen LogP contribution in [-0.4, -0.2) is 12.2 Å². The molecule has 0 unspecified atom stereocenters. The molecule has 0 radical (unpaired) electrons. The van der Waals surface area contributed by atoms with E-state index in [1.54, 1.807) is 30.3 Å². The first kappa shape index (κ1) is 34.1. The number of benzene rings is 1. The number of para-hydroxylation sites is 1. The fourth-order valence-electron chi connectivity index (χ4n) is 2.61. The summed E-state index contributed by atoms with van der Waals surface area (Å²) < 4.78 is 15.4. The molecule has 0 aromatic heterocycles. The van der Waals surface area contributed by atoms with E-state index in [9.17, 15) is 14.4 Å². The molecule has 0 fully saturated rings. The number of phosphoric acid groups is 1. The van der Waals surface area contributed by atoms with E-state index < -0.39 is 20.0 Å². The second kappa shape index (κ2) is 20.3. The molecular formula is C18H29Na2O10P. The van der Waals surface area contributed by atoms with Crippen molar-refractivity contribution < 1.29 is 108 Å². The minimum absolute atomic E-state index is 0. The number of phosphoric ester groups is 1. The summed E-state index contributed by atoms with van der Waals surface area (Å²) >= 11 is 0. The first-order chi connectivity index (χ1) is 13.9. The van der Waals surface area contributed by atoms with Crippen molar-refractivity contribution in [2.45, 2.75) is 70.8 Å². The molecule has 0 atom stereocenters. The maximum Gasteiger partial charge on any atom is 1.00 e. The van der Waals surface area contributed by atoms with E-state index in [1.165, 1.54) is 0 Å². The summed E-state index contributed by atoms with van der Waals surface area (Å²) in [6, 6.07) is 8.49. The van der Waals surface area contributed by atoms with Crippen molar-refractivity contribution in [3.05, 3.63) is 30.3 Å². The first-order valence-corrected chi connectivity index (χ1v) is 11.1. The summed E-state index contributed by atoms with van der Waals surface area (Å²) in [7, 11) is -5.18. The Labute approximate surface area is 227 Å². The SMILES string of the molecule is CCCCCC(CCCCC)(COP(=O)([O-])[O-])OOOOOOc1ccccc1.[Na+].[Na+]. The van der Waals surface area contributed by atoms with E-state index in [0.29, 0.717) is 31.4 Å². The Morgan fingerprint density at radius 2 is 1.39 bits per heavy atom. The van der Waals surface area contributed by atoms with E-state index >= 15 is 0 Å². The Morgan fingerprint density at radius 1 is 0.839 bits per heavy atom. The second-order valence-corrected chi connectivity index (χ2v) is 7.72. The number of hydrogen-bond acceptors (Lipinski definition) is 10. The molecule has 0 spiro atoms. The van der Waals surface area contributed by atoms with Crippen LogP contribution in [0.2, 0.25) is 0 Å². The molecule has 10 nitrogen and oxygen atoms in total. The molecule has 31 heavy (non-hydrogen) atoms. The van der Waals surface area contributed by atoms with Gasteiger partial charge in [0.1, 0.15) is 5.60 Å². The maximum atomic E-state index is 10.9. The summed E-state index contributed by atoms with van der Waals surface area (Å²) in [5.41, 5.74) is -1.20. The third-order valence-electron chi connectivity index (χ3n) is 4.13. The molecule has 0 aliphatic carbocycles. The summed E-state index contributed by atoms with van der Waals surface area (Å²) in [6.45, 7) is 3.56. The van der Waals surface area contributed by atoms with Gasteiger partial charge in [0.15, 0.2) is 5.75 Å². The summed E-state index contributed by atoms with van der Waals surface area (Å²) in [6.07, 6.45) is 5.88. The molecule has 13 heteroatoms. The van der Waals surface area contributed by atoms with Gasteiger partial charge in [0.25, 0.3) is 0 Å². The molecule has 0 bridgehead atoms. The summed E-state index contributed by atoms with van der Waals surface area (Å²) in [5.74, 6) is 0.362. The van der Waals surface area contributed by atoms with Gasteiger partial charge in [0.2, 0.25) is 0 Å². The van der Waals surface area contributed by atoms with E-state index in [2.05, 4.69) is 24.7 Å². The average molecular weight is 482 g/mol. The van der Waals surface area contributed by atoms with E-state index in [0.717, 1.165) is 25.7 Å².